The number of aryl methyl sites for hydroxylation is 1. The van der Waals surface area contributed by atoms with E-state index in [0.29, 0.717) is 0 Å². The van der Waals surface area contributed by atoms with E-state index in [1.165, 1.54) is 0 Å². The number of hydrogen-bond acceptors (Lipinski definition) is 5. The molecule has 0 saturated carbocycles. The second-order valence-electron chi connectivity index (χ2n) is 7.26. The first kappa shape index (κ1) is 14.9. The molecule has 2 aromatic heterocycles. The molecule has 6 heteroatoms. The van der Waals surface area contributed by atoms with Crippen LogP contribution in [0.25, 0.3) is 11.0 Å². The van der Waals surface area contributed by atoms with Gasteiger partial charge < -0.3 is 19.9 Å². The van der Waals surface area contributed by atoms with E-state index >= 15 is 0 Å². The number of anilines is 1. The summed E-state index contributed by atoms with van der Waals surface area (Å²) in [6, 6.07) is 2.00. The minimum Gasteiger partial charge on any atom is -0.392 e. The molecule has 2 fully saturated rings. The summed E-state index contributed by atoms with van der Waals surface area (Å²) in [4.78, 5) is 17.2. The average molecular weight is 315 g/mol. The highest BCUT2D eigenvalue weighted by Gasteiger charge is 2.45. The Bertz CT molecular complexity index is 714. The Morgan fingerprint density at radius 2 is 2.17 bits per heavy atom. The Hall–Kier alpha value is -1.66. The number of H-pyrrole nitrogens is 1. The summed E-state index contributed by atoms with van der Waals surface area (Å²) >= 11 is 0. The van der Waals surface area contributed by atoms with E-state index in [0.717, 1.165) is 68.1 Å². The van der Waals surface area contributed by atoms with Crippen LogP contribution < -0.4 is 4.90 Å². The fourth-order valence-electron chi connectivity index (χ4n) is 4.38. The van der Waals surface area contributed by atoms with Gasteiger partial charge in [-0.25, -0.2) is 9.97 Å². The maximum absolute atomic E-state index is 10.7. The Morgan fingerprint density at radius 1 is 1.30 bits per heavy atom. The number of likely N-dealkylation sites (tertiary alicyclic amines) is 1. The van der Waals surface area contributed by atoms with Gasteiger partial charge >= 0.3 is 0 Å². The lowest BCUT2D eigenvalue weighted by molar-refractivity contribution is -0.0466. The number of piperidine rings is 2. The molecule has 4 rings (SSSR count). The van der Waals surface area contributed by atoms with Crippen LogP contribution in [0, 0.1) is 12.3 Å². The van der Waals surface area contributed by atoms with Crippen molar-refractivity contribution >= 4 is 16.9 Å². The van der Waals surface area contributed by atoms with Crippen molar-refractivity contribution in [2.45, 2.75) is 32.3 Å². The van der Waals surface area contributed by atoms with Gasteiger partial charge in [-0.1, -0.05) is 0 Å². The summed E-state index contributed by atoms with van der Waals surface area (Å²) in [5.41, 5.74) is 1.93. The third-order valence-electron chi connectivity index (χ3n) is 5.48. The fourth-order valence-corrected chi connectivity index (χ4v) is 4.38. The number of nitrogens with zero attached hydrogens (tertiary/aromatic N) is 4. The second kappa shape index (κ2) is 5.46. The zero-order chi connectivity index (χ0) is 16.0. The Kier molecular flexibility index (Phi) is 3.54. The lowest BCUT2D eigenvalue weighted by atomic mass is 9.71. The summed E-state index contributed by atoms with van der Waals surface area (Å²) in [5.74, 6) is 1.78. The number of nitrogens with one attached hydrogen (secondary N) is 1. The molecule has 1 spiro atoms. The molecular weight excluding hydrogens is 290 g/mol. The molecule has 2 atom stereocenters. The highest BCUT2D eigenvalue weighted by Crippen LogP contribution is 2.40. The summed E-state index contributed by atoms with van der Waals surface area (Å²) in [6.45, 7) is 5.74. The zero-order valence-corrected chi connectivity index (χ0v) is 13.9. The summed E-state index contributed by atoms with van der Waals surface area (Å²) in [5, 5.41) is 10.7. The number of fused-ring (bicyclic) bond motifs is 1. The molecule has 0 aliphatic carbocycles. The molecular formula is C17H25N5O. The van der Waals surface area contributed by atoms with E-state index in [1.807, 2.05) is 19.2 Å². The van der Waals surface area contributed by atoms with Gasteiger partial charge in [-0.15, -0.1) is 0 Å². The van der Waals surface area contributed by atoms with Gasteiger partial charge in [-0.05, 0) is 39.3 Å². The summed E-state index contributed by atoms with van der Waals surface area (Å²) in [7, 11) is 2.16. The maximum atomic E-state index is 10.7. The molecule has 2 aliphatic rings. The highest BCUT2D eigenvalue weighted by molar-refractivity contribution is 5.86. The standard InChI is InChI=1S/C17H25N5O/c1-12-19-13-4-7-18-15(13)16(20-12)22-8-3-6-17(11-22)10-21(2)9-5-14(17)23/h4,7,14,18,23H,3,5-6,8-11H2,1-2H3/t14-,17-/m0/s1. The monoisotopic (exact) mass is 315 g/mol. The van der Waals surface area contributed by atoms with Gasteiger partial charge in [0.05, 0.1) is 11.6 Å². The fraction of sp³-hybridized carbons (Fsp3) is 0.647. The van der Waals surface area contributed by atoms with Crippen LogP contribution in [0.5, 0.6) is 0 Å². The van der Waals surface area contributed by atoms with Crippen molar-refractivity contribution < 1.29 is 5.11 Å². The van der Waals surface area contributed by atoms with E-state index < -0.39 is 0 Å². The number of aliphatic hydroxyl groups is 1. The Morgan fingerprint density at radius 3 is 3.04 bits per heavy atom. The van der Waals surface area contributed by atoms with Gasteiger partial charge in [0.25, 0.3) is 0 Å². The van der Waals surface area contributed by atoms with E-state index in [-0.39, 0.29) is 11.5 Å². The van der Waals surface area contributed by atoms with Gasteiger partial charge in [0, 0.05) is 37.8 Å². The predicted octanol–water partition coefficient (Wildman–Crippen LogP) is 1.55. The largest absolute Gasteiger partial charge is 0.392 e. The minimum atomic E-state index is -0.219. The third-order valence-corrected chi connectivity index (χ3v) is 5.48. The lowest BCUT2D eigenvalue weighted by Gasteiger charge is -2.50. The smallest absolute Gasteiger partial charge is 0.156 e. The van der Waals surface area contributed by atoms with Crippen molar-refractivity contribution in [3.63, 3.8) is 0 Å². The number of hydrogen-bond donors (Lipinski definition) is 2. The molecule has 0 aromatic carbocycles. The molecule has 2 aliphatic heterocycles. The van der Waals surface area contributed by atoms with Crippen molar-refractivity contribution in [3.05, 3.63) is 18.1 Å². The first-order chi connectivity index (χ1) is 11.1. The van der Waals surface area contributed by atoms with E-state index in [4.69, 9.17) is 4.98 Å². The topological polar surface area (TPSA) is 68.3 Å². The molecule has 2 aromatic rings. The van der Waals surface area contributed by atoms with Crippen LogP contribution in [0.3, 0.4) is 0 Å². The molecule has 0 amide bonds. The van der Waals surface area contributed by atoms with Gasteiger partial charge in [0.15, 0.2) is 5.82 Å². The van der Waals surface area contributed by atoms with Crippen molar-refractivity contribution in [1.82, 2.24) is 19.9 Å². The van der Waals surface area contributed by atoms with E-state index in [9.17, 15) is 5.11 Å². The van der Waals surface area contributed by atoms with Crippen molar-refractivity contribution in [2.24, 2.45) is 5.41 Å². The molecule has 0 bridgehead atoms. The molecule has 124 valence electrons. The van der Waals surface area contributed by atoms with Crippen LogP contribution in [0.1, 0.15) is 25.1 Å². The average Bonchev–Trinajstić information content (AvgIpc) is 2.99. The molecule has 4 heterocycles. The predicted molar refractivity (Wildman–Crippen MR) is 90.6 cm³/mol. The first-order valence-electron chi connectivity index (χ1n) is 8.51. The molecule has 6 nitrogen and oxygen atoms in total. The number of rotatable bonds is 1. The number of aromatic nitrogens is 3. The zero-order valence-electron chi connectivity index (χ0n) is 13.9. The van der Waals surface area contributed by atoms with Crippen LogP contribution in [0.4, 0.5) is 5.82 Å². The van der Waals surface area contributed by atoms with Crippen molar-refractivity contribution in [1.29, 1.82) is 0 Å². The molecule has 0 unspecified atom stereocenters. The van der Waals surface area contributed by atoms with Gasteiger partial charge in [0.2, 0.25) is 0 Å². The van der Waals surface area contributed by atoms with Gasteiger partial charge in [-0.3, -0.25) is 0 Å². The lowest BCUT2D eigenvalue weighted by Crippen LogP contribution is -2.58. The number of aliphatic hydroxyl groups excluding tert-OH is 1. The van der Waals surface area contributed by atoms with Crippen LogP contribution in [-0.4, -0.2) is 64.3 Å². The van der Waals surface area contributed by atoms with E-state index in [1.54, 1.807) is 0 Å². The van der Waals surface area contributed by atoms with Crippen molar-refractivity contribution in [3.8, 4) is 0 Å². The summed E-state index contributed by atoms with van der Waals surface area (Å²) in [6.07, 6.45) is 4.75. The van der Waals surface area contributed by atoms with Crippen LogP contribution >= 0.6 is 0 Å². The van der Waals surface area contributed by atoms with Gasteiger partial charge in [-0.2, -0.15) is 0 Å². The normalized spacial score (nSPS) is 29.5. The molecule has 0 radical (unpaired) electrons. The third kappa shape index (κ3) is 2.50. The van der Waals surface area contributed by atoms with Crippen LogP contribution in [0.2, 0.25) is 0 Å². The van der Waals surface area contributed by atoms with Crippen LogP contribution in [-0.2, 0) is 0 Å². The Labute approximate surface area is 136 Å². The first-order valence-corrected chi connectivity index (χ1v) is 8.51. The van der Waals surface area contributed by atoms with E-state index in [2.05, 4.69) is 26.8 Å². The SMILES string of the molecule is Cc1nc(N2CCC[C@]3(CN(C)CC[C@@H]3O)C2)c2[nH]ccc2n1. The van der Waals surface area contributed by atoms with Crippen molar-refractivity contribution in [2.75, 3.05) is 38.1 Å². The molecule has 2 saturated heterocycles. The quantitative estimate of drug-likeness (QED) is 0.836. The summed E-state index contributed by atoms with van der Waals surface area (Å²) < 4.78 is 0. The second-order valence-corrected chi connectivity index (χ2v) is 7.26. The maximum Gasteiger partial charge on any atom is 0.156 e. The minimum absolute atomic E-state index is 0.0387. The Balaban J connectivity index is 1.70. The highest BCUT2D eigenvalue weighted by atomic mass is 16.3. The molecule has 23 heavy (non-hydrogen) atoms. The van der Waals surface area contributed by atoms with Gasteiger partial charge in [0.1, 0.15) is 11.3 Å². The molecule has 2 N–H and O–H groups in total. The van der Waals surface area contributed by atoms with Crippen LogP contribution in [0.15, 0.2) is 12.3 Å². The number of aromatic amines is 1.